The summed E-state index contributed by atoms with van der Waals surface area (Å²) in [7, 11) is -4.47. The third kappa shape index (κ3) is 6.14. The molecule has 1 saturated carbocycles. The standard InChI is InChI=1S/C22H36NO4P/c1-2-3-4-5-6-17-7-8-19-14-20(10-9-18(19)13-17)21-11-12-22(23,15-21)16-27-28(24,25)26/h9-10,14,17,21H,2-8,11-13,15-16,23H2,1H3,(H2,24,25,26). The van der Waals surface area contributed by atoms with Crippen LogP contribution in [-0.2, 0) is 21.9 Å². The third-order valence-electron chi connectivity index (χ3n) is 6.66. The molecule has 3 atom stereocenters. The highest BCUT2D eigenvalue weighted by Crippen LogP contribution is 2.44. The van der Waals surface area contributed by atoms with Crippen LogP contribution >= 0.6 is 7.82 Å². The number of rotatable bonds is 9. The molecule has 0 saturated heterocycles. The van der Waals surface area contributed by atoms with Crippen LogP contribution in [0.4, 0.5) is 0 Å². The monoisotopic (exact) mass is 409 g/mol. The molecule has 1 aromatic carbocycles. The molecule has 6 heteroatoms. The molecule has 0 amide bonds. The van der Waals surface area contributed by atoms with E-state index in [2.05, 4.69) is 25.1 Å². The molecule has 158 valence electrons. The lowest BCUT2D eigenvalue weighted by Crippen LogP contribution is -2.41. The molecule has 2 aliphatic rings. The van der Waals surface area contributed by atoms with Crippen LogP contribution in [0, 0.1) is 5.92 Å². The first-order valence-corrected chi connectivity index (χ1v) is 12.4. The second kappa shape index (κ2) is 9.40. The van der Waals surface area contributed by atoms with Gasteiger partial charge >= 0.3 is 7.82 Å². The Kier molecular flexibility index (Phi) is 7.38. The Bertz CT molecular complexity index is 704. The van der Waals surface area contributed by atoms with E-state index in [0.717, 1.165) is 18.8 Å². The summed E-state index contributed by atoms with van der Waals surface area (Å²) in [6, 6.07) is 6.92. The van der Waals surface area contributed by atoms with Crippen LogP contribution in [0.25, 0.3) is 0 Å². The molecule has 0 radical (unpaired) electrons. The minimum atomic E-state index is -4.47. The number of benzene rings is 1. The van der Waals surface area contributed by atoms with Gasteiger partial charge < -0.3 is 15.5 Å². The Balaban J connectivity index is 1.56. The number of aryl methyl sites for hydroxylation is 1. The van der Waals surface area contributed by atoms with E-state index in [9.17, 15) is 4.57 Å². The second-order valence-electron chi connectivity index (χ2n) is 9.05. The second-order valence-corrected chi connectivity index (χ2v) is 10.3. The average Bonchev–Trinajstić information content (AvgIpc) is 3.05. The zero-order valence-electron chi connectivity index (χ0n) is 17.1. The van der Waals surface area contributed by atoms with E-state index in [1.165, 1.54) is 68.1 Å². The molecule has 3 unspecified atom stereocenters. The van der Waals surface area contributed by atoms with Gasteiger partial charge in [0.2, 0.25) is 0 Å². The Labute approximate surface area is 169 Å². The van der Waals surface area contributed by atoms with Crippen LogP contribution in [0.2, 0.25) is 0 Å². The molecule has 3 rings (SSSR count). The summed E-state index contributed by atoms with van der Waals surface area (Å²) in [5.74, 6) is 1.19. The maximum absolute atomic E-state index is 11.0. The molecule has 0 aliphatic heterocycles. The highest BCUT2D eigenvalue weighted by molar-refractivity contribution is 7.46. The van der Waals surface area contributed by atoms with Gasteiger partial charge in [0.1, 0.15) is 0 Å². The third-order valence-corrected chi connectivity index (χ3v) is 7.13. The van der Waals surface area contributed by atoms with E-state index in [-0.39, 0.29) is 6.61 Å². The van der Waals surface area contributed by atoms with Crippen molar-refractivity contribution in [3.8, 4) is 0 Å². The zero-order chi connectivity index (χ0) is 20.2. The Hall–Kier alpha value is -0.710. The van der Waals surface area contributed by atoms with Crippen molar-refractivity contribution < 1.29 is 18.9 Å². The molecule has 5 nitrogen and oxygen atoms in total. The fourth-order valence-corrected chi connectivity index (χ4v) is 5.42. The van der Waals surface area contributed by atoms with Gasteiger partial charge in [0.25, 0.3) is 0 Å². The van der Waals surface area contributed by atoms with Crippen molar-refractivity contribution in [1.29, 1.82) is 0 Å². The lowest BCUT2D eigenvalue weighted by Gasteiger charge is -2.27. The minimum Gasteiger partial charge on any atom is -0.323 e. The molecule has 2 aliphatic carbocycles. The summed E-state index contributed by atoms with van der Waals surface area (Å²) >= 11 is 0. The normalized spacial score (nSPS) is 27.7. The topological polar surface area (TPSA) is 92.8 Å². The molecule has 4 N–H and O–H groups in total. The first-order chi connectivity index (χ1) is 13.3. The van der Waals surface area contributed by atoms with Gasteiger partial charge in [-0.05, 0) is 67.1 Å². The SMILES string of the molecule is CCCCCCC1CCc2cc(C3CCC(N)(COP(=O)(O)O)C3)ccc2C1. The fourth-order valence-electron chi connectivity index (χ4n) is 5.00. The Morgan fingerprint density at radius 1 is 1.21 bits per heavy atom. The quantitative estimate of drug-likeness (QED) is 0.401. The van der Waals surface area contributed by atoms with E-state index >= 15 is 0 Å². The van der Waals surface area contributed by atoms with Gasteiger partial charge in [0.15, 0.2) is 0 Å². The predicted octanol–water partition coefficient (Wildman–Crippen LogP) is 4.84. The van der Waals surface area contributed by atoms with Crippen LogP contribution in [-0.4, -0.2) is 21.9 Å². The van der Waals surface area contributed by atoms with Crippen molar-refractivity contribution in [2.75, 3.05) is 6.61 Å². The molecule has 0 heterocycles. The zero-order valence-corrected chi connectivity index (χ0v) is 18.0. The Morgan fingerprint density at radius 3 is 2.79 bits per heavy atom. The maximum Gasteiger partial charge on any atom is 0.469 e. The molecule has 0 spiro atoms. The molecular formula is C22H36NO4P. The number of hydrogen-bond donors (Lipinski definition) is 3. The largest absolute Gasteiger partial charge is 0.469 e. The van der Waals surface area contributed by atoms with Gasteiger partial charge in [-0.3, -0.25) is 4.52 Å². The number of unbranched alkanes of at least 4 members (excludes halogenated alkanes) is 3. The highest BCUT2D eigenvalue weighted by atomic mass is 31.2. The lowest BCUT2D eigenvalue weighted by molar-refractivity contribution is 0.153. The van der Waals surface area contributed by atoms with Crippen molar-refractivity contribution in [2.24, 2.45) is 11.7 Å². The minimum absolute atomic E-state index is 0.0849. The summed E-state index contributed by atoms with van der Waals surface area (Å²) in [6.45, 7) is 2.18. The molecule has 0 bridgehead atoms. The van der Waals surface area contributed by atoms with Crippen molar-refractivity contribution in [3.05, 3.63) is 34.9 Å². The number of nitrogens with two attached hydrogens (primary N) is 1. The van der Waals surface area contributed by atoms with Gasteiger partial charge in [-0.25, -0.2) is 4.57 Å². The smallest absolute Gasteiger partial charge is 0.323 e. The molecule has 1 aromatic rings. The van der Waals surface area contributed by atoms with Gasteiger partial charge in [-0.1, -0.05) is 57.2 Å². The fraction of sp³-hybridized carbons (Fsp3) is 0.727. The first-order valence-electron chi connectivity index (χ1n) is 10.9. The van der Waals surface area contributed by atoms with E-state index in [1.807, 2.05) is 0 Å². The number of fused-ring (bicyclic) bond motifs is 1. The summed E-state index contributed by atoms with van der Waals surface area (Å²) in [6.07, 6.45) is 12.8. The number of phosphoric acid groups is 1. The summed E-state index contributed by atoms with van der Waals surface area (Å²) < 4.78 is 15.7. The van der Waals surface area contributed by atoms with E-state index < -0.39 is 13.4 Å². The lowest BCUT2D eigenvalue weighted by atomic mass is 9.79. The molecule has 28 heavy (non-hydrogen) atoms. The van der Waals surface area contributed by atoms with Crippen LogP contribution < -0.4 is 5.73 Å². The maximum atomic E-state index is 11.0. The van der Waals surface area contributed by atoms with E-state index in [0.29, 0.717) is 12.3 Å². The average molecular weight is 410 g/mol. The van der Waals surface area contributed by atoms with E-state index in [4.69, 9.17) is 20.0 Å². The van der Waals surface area contributed by atoms with Crippen LogP contribution in [0.3, 0.4) is 0 Å². The summed E-state index contributed by atoms with van der Waals surface area (Å²) in [4.78, 5) is 17.9. The van der Waals surface area contributed by atoms with Crippen molar-refractivity contribution >= 4 is 7.82 Å². The van der Waals surface area contributed by atoms with E-state index in [1.54, 1.807) is 0 Å². The van der Waals surface area contributed by atoms with Gasteiger partial charge in [0.05, 0.1) is 6.61 Å². The summed E-state index contributed by atoms with van der Waals surface area (Å²) in [5, 5.41) is 0. The molecular weight excluding hydrogens is 373 g/mol. The van der Waals surface area contributed by atoms with Crippen LogP contribution in [0.15, 0.2) is 18.2 Å². The molecule has 0 aromatic heterocycles. The number of hydrogen-bond acceptors (Lipinski definition) is 3. The molecule has 1 fully saturated rings. The van der Waals surface area contributed by atoms with Crippen molar-refractivity contribution in [2.45, 2.75) is 89.0 Å². The van der Waals surface area contributed by atoms with Crippen LogP contribution in [0.5, 0.6) is 0 Å². The number of phosphoric ester groups is 1. The predicted molar refractivity (Wildman–Crippen MR) is 112 cm³/mol. The van der Waals surface area contributed by atoms with Crippen molar-refractivity contribution in [1.82, 2.24) is 0 Å². The highest BCUT2D eigenvalue weighted by Gasteiger charge is 2.38. The van der Waals surface area contributed by atoms with Gasteiger partial charge in [0, 0.05) is 5.54 Å². The van der Waals surface area contributed by atoms with Crippen LogP contribution in [0.1, 0.15) is 87.3 Å². The van der Waals surface area contributed by atoms with Gasteiger partial charge in [-0.2, -0.15) is 0 Å². The Morgan fingerprint density at radius 2 is 2.04 bits per heavy atom. The van der Waals surface area contributed by atoms with Crippen molar-refractivity contribution in [3.63, 3.8) is 0 Å². The van der Waals surface area contributed by atoms with Gasteiger partial charge in [-0.15, -0.1) is 0 Å². The first kappa shape index (κ1) is 22.0. The summed E-state index contributed by atoms with van der Waals surface area (Å²) in [5.41, 5.74) is 10.0.